The van der Waals surface area contributed by atoms with E-state index in [0.29, 0.717) is 17.2 Å². The molecular weight excluding hydrogens is 252 g/mol. The van der Waals surface area contributed by atoms with Crippen LogP contribution in [-0.2, 0) is 9.53 Å². The normalized spacial score (nSPS) is 14.4. The summed E-state index contributed by atoms with van der Waals surface area (Å²) in [6.07, 6.45) is 0. The van der Waals surface area contributed by atoms with Gasteiger partial charge in [-0.05, 0) is 19.1 Å². The van der Waals surface area contributed by atoms with Crippen molar-refractivity contribution < 1.29 is 24.1 Å². The first-order valence-corrected chi connectivity index (χ1v) is 5.41. The summed E-state index contributed by atoms with van der Waals surface area (Å²) in [7, 11) is 1.20. The molecule has 0 radical (unpaired) electrons. The van der Waals surface area contributed by atoms with Crippen molar-refractivity contribution in [2.45, 2.75) is 6.92 Å². The number of hydrogen-bond acceptors (Lipinski definition) is 7. The fourth-order valence-corrected chi connectivity index (χ4v) is 1.41. The van der Waals surface area contributed by atoms with Crippen molar-refractivity contribution in [2.75, 3.05) is 13.9 Å². The molecule has 0 bridgehead atoms. The molecule has 7 heteroatoms. The Morgan fingerprint density at radius 2 is 2.11 bits per heavy atom. The molecular formula is C12H12N2O5. The Kier molecular flexibility index (Phi) is 3.65. The Morgan fingerprint density at radius 3 is 2.79 bits per heavy atom. The van der Waals surface area contributed by atoms with E-state index in [0.717, 1.165) is 0 Å². The molecule has 0 atom stereocenters. The Hall–Kier alpha value is -2.57. The van der Waals surface area contributed by atoms with E-state index in [4.69, 9.17) is 9.47 Å². The zero-order valence-corrected chi connectivity index (χ0v) is 10.4. The van der Waals surface area contributed by atoms with Crippen LogP contribution in [0, 0.1) is 0 Å². The van der Waals surface area contributed by atoms with Crippen molar-refractivity contribution in [1.82, 2.24) is 0 Å². The summed E-state index contributed by atoms with van der Waals surface area (Å²) in [5.41, 5.74) is 0.215. The molecule has 0 saturated heterocycles. The van der Waals surface area contributed by atoms with Crippen LogP contribution in [0.5, 0.6) is 11.5 Å². The highest BCUT2D eigenvalue weighted by Crippen LogP contribution is 2.35. The third-order valence-electron chi connectivity index (χ3n) is 2.34. The second-order valence-corrected chi connectivity index (χ2v) is 3.66. The largest absolute Gasteiger partial charge is 0.510 e. The smallest absolute Gasteiger partial charge is 0.362 e. The molecule has 0 fully saturated rings. The Balaban J connectivity index is 2.22. The van der Waals surface area contributed by atoms with E-state index in [1.54, 1.807) is 18.2 Å². The van der Waals surface area contributed by atoms with E-state index in [9.17, 15) is 9.90 Å². The van der Waals surface area contributed by atoms with Gasteiger partial charge in [0.1, 0.15) is 5.76 Å². The average Bonchev–Trinajstić information content (AvgIpc) is 2.85. The quantitative estimate of drug-likeness (QED) is 0.392. The highest BCUT2D eigenvalue weighted by molar-refractivity contribution is 5.88. The molecule has 2 rings (SSSR count). The molecule has 1 heterocycles. The van der Waals surface area contributed by atoms with Gasteiger partial charge < -0.3 is 19.3 Å². The fraction of sp³-hybridized carbons (Fsp3) is 0.250. The van der Waals surface area contributed by atoms with Gasteiger partial charge in [0.15, 0.2) is 11.5 Å². The minimum Gasteiger partial charge on any atom is -0.510 e. The van der Waals surface area contributed by atoms with Crippen LogP contribution in [0.25, 0.3) is 0 Å². The molecule has 7 nitrogen and oxygen atoms in total. The number of hydrogen-bond donors (Lipinski definition) is 1. The van der Waals surface area contributed by atoms with Crippen molar-refractivity contribution in [3.63, 3.8) is 0 Å². The maximum absolute atomic E-state index is 11.3. The summed E-state index contributed by atoms with van der Waals surface area (Å²) >= 11 is 0. The van der Waals surface area contributed by atoms with Crippen LogP contribution in [-0.4, -0.2) is 25.0 Å². The van der Waals surface area contributed by atoms with Crippen molar-refractivity contribution in [2.24, 2.45) is 10.2 Å². The van der Waals surface area contributed by atoms with Gasteiger partial charge in [-0.2, -0.15) is 5.11 Å². The summed E-state index contributed by atoms with van der Waals surface area (Å²) in [6, 6.07) is 4.95. The zero-order chi connectivity index (χ0) is 13.8. The van der Waals surface area contributed by atoms with Gasteiger partial charge >= 0.3 is 5.97 Å². The highest BCUT2D eigenvalue weighted by atomic mass is 16.7. The van der Waals surface area contributed by atoms with Crippen molar-refractivity contribution in [1.29, 1.82) is 0 Å². The third kappa shape index (κ3) is 2.82. The highest BCUT2D eigenvalue weighted by Gasteiger charge is 2.15. The number of esters is 1. The van der Waals surface area contributed by atoms with Crippen LogP contribution in [0.15, 0.2) is 39.9 Å². The van der Waals surface area contributed by atoms with E-state index in [2.05, 4.69) is 15.0 Å². The SMILES string of the molecule is COC(=O)/C(N=Nc1ccc2c(c1)OCO2)=C(/C)O. The minimum atomic E-state index is -0.760. The fourth-order valence-electron chi connectivity index (χ4n) is 1.41. The predicted molar refractivity (Wildman–Crippen MR) is 64.4 cm³/mol. The lowest BCUT2D eigenvalue weighted by Gasteiger charge is -2.00. The van der Waals surface area contributed by atoms with Crippen LogP contribution < -0.4 is 9.47 Å². The summed E-state index contributed by atoms with van der Waals surface area (Å²) in [4.78, 5) is 11.3. The summed E-state index contributed by atoms with van der Waals surface area (Å²) in [5.74, 6) is 0.155. The zero-order valence-electron chi connectivity index (χ0n) is 10.4. The molecule has 1 aromatic rings. The average molecular weight is 264 g/mol. The summed E-state index contributed by atoms with van der Waals surface area (Å²) < 4.78 is 14.8. The Labute approximate surface area is 109 Å². The molecule has 0 amide bonds. The van der Waals surface area contributed by atoms with Gasteiger partial charge in [0.2, 0.25) is 12.5 Å². The predicted octanol–water partition coefficient (Wildman–Crippen LogP) is 2.46. The monoisotopic (exact) mass is 264 g/mol. The Bertz CT molecular complexity index is 561. The molecule has 0 unspecified atom stereocenters. The number of aliphatic hydroxyl groups excluding tert-OH is 1. The van der Waals surface area contributed by atoms with Gasteiger partial charge in [0.05, 0.1) is 12.8 Å². The van der Waals surface area contributed by atoms with Gasteiger partial charge in [-0.1, -0.05) is 0 Å². The number of methoxy groups -OCH3 is 1. The first kappa shape index (κ1) is 12.9. The lowest BCUT2D eigenvalue weighted by Crippen LogP contribution is -2.04. The van der Waals surface area contributed by atoms with Gasteiger partial charge in [-0.3, -0.25) is 0 Å². The van der Waals surface area contributed by atoms with Crippen LogP contribution in [0.3, 0.4) is 0 Å². The standard InChI is InChI=1S/C12H12N2O5/c1-7(15)11(12(16)17-2)14-13-8-3-4-9-10(5-8)19-6-18-9/h3-5,15H,6H2,1-2H3/b11-7+,14-13?. The van der Waals surface area contributed by atoms with E-state index in [-0.39, 0.29) is 18.2 Å². The maximum Gasteiger partial charge on any atom is 0.362 e. The van der Waals surface area contributed by atoms with Crippen LogP contribution >= 0.6 is 0 Å². The van der Waals surface area contributed by atoms with E-state index >= 15 is 0 Å². The number of nitrogens with zero attached hydrogens (tertiary/aromatic N) is 2. The molecule has 0 saturated carbocycles. The maximum atomic E-state index is 11.3. The van der Waals surface area contributed by atoms with Crippen LogP contribution in [0.4, 0.5) is 5.69 Å². The molecule has 1 aromatic carbocycles. The summed E-state index contributed by atoms with van der Waals surface area (Å²) in [6.45, 7) is 1.49. The molecule has 1 N–H and O–H groups in total. The number of azo groups is 1. The number of benzene rings is 1. The minimum absolute atomic E-state index is 0.166. The van der Waals surface area contributed by atoms with Crippen LogP contribution in [0.1, 0.15) is 6.92 Å². The molecule has 1 aliphatic heterocycles. The van der Waals surface area contributed by atoms with E-state index in [1.165, 1.54) is 14.0 Å². The number of allylic oxidation sites excluding steroid dienone is 1. The van der Waals surface area contributed by atoms with Gasteiger partial charge in [-0.15, -0.1) is 5.11 Å². The number of aliphatic hydroxyl groups is 1. The molecule has 1 aliphatic rings. The summed E-state index contributed by atoms with van der Waals surface area (Å²) in [5, 5.41) is 16.8. The second-order valence-electron chi connectivity index (χ2n) is 3.66. The number of ether oxygens (including phenoxy) is 3. The molecule has 19 heavy (non-hydrogen) atoms. The molecule has 0 spiro atoms. The number of carbonyl (C=O) groups excluding carboxylic acids is 1. The lowest BCUT2D eigenvalue weighted by molar-refractivity contribution is -0.136. The molecule has 0 aromatic heterocycles. The van der Waals surface area contributed by atoms with Crippen LogP contribution in [0.2, 0.25) is 0 Å². The van der Waals surface area contributed by atoms with Gasteiger partial charge in [-0.25, -0.2) is 4.79 Å². The van der Waals surface area contributed by atoms with Crippen molar-refractivity contribution >= 4 is 11.7 Å². The third-order valence-corrected chi connectivity index (χ3v) is 2.34. The van der Waals surface area contributed by atoms with Gasteiger partial charge in [0, 0.05) is 6.07 Å². The number of carbonyl (C=O) groups is 1. The number of fused-ring (bicyclic) bond motifs is 1. The Morgan fingerprint density at radius 1 is 1.37 bits per heavy atom. The topological polar surface area (TPSA) is 89.7 Å². The van der Waals surface area contributed by atoms with E-state index < -0.39 is 5.97 Å². The van der Waals surface area contributed by atoms with Crippen molar-refractivity contribution in [3.05, 3.63) is 29.7 Å². The molecule has 100 valence electrons. The second kappa shape index (κ2) is 5.38. The lowest BCUT2D eigenvalue weighted by atomic mass is 10.3. The van der Waals surface area contributed by atoms with Gasteiger partial charge in [0.25, 0.3) is 0 Å². The number of rotatable bonds is 3. The molecule has 0 aliphatic carbocycles. The first-order valence-electron chi connectivity index (χ1n) is 5.41. The van der Waals surface area contributed by atoms with Crippen molar-refractivity contribution in [3.8, 4) is 11.5 Å². The van der Waals surface area contributed by atoms with E-state index in [1.807, 2.05) is 0 Å². The first-order chi connectivity index (χ1) is 9.11.